The normalized spacial score (nSPS) is 11.7. The van der Waals surface area contributed by atoms with Crippen molar-refractivity contribution in [1.29, 1.82) is 0 Å². The Bertz CT molecular complexity index is 621. The number of benzene rings is 2. The van der Waals surface area contributed by atoms with E-state index in [1.165, 1.54) is 6.07 Å². The van der Waals surface area contributed by atoms with E-state index in [1.54, 1.807) is 6.07 Å². The molecule has 0 fully saturated rings. The highest BCUT2D eigenvalue weighted by atomic mass is 35.5. The van der Waals surface area contributed by atoms with Gasteiger partial charge in [0.2, 0.25) is 0 Å². The summed E-state index contributed by atoms with van der Waals surface area (Å²) in [7, 11) is 0. The van der Waals surface area contributed by atoms with E-state index in [9.17, 15) is 4.39 Å². The zero-order valence-electron chi connectivity index (χ0n) is 11.7. The Morgan fingerprint density at radius 1 is 1.05 bits per heavy atom. The van der Waals surface area contributed by atoms with Crippen molar-refractivity contribution in [3.05, 3.63) is 70.0 Å². The zero-order chi connectivity index (χ0) is 15.5. The van der Waals surface area contributed by atoms with Gasteiger partial charge in [-0.1, -0.05) is 47.5 Å². The van der Waals surface area contributed by atoms with Crippen molar-refractivity contribution in [3.63, 3.8) is 0 Å². The van der Waals surface area contributed by atoms with Gasteiger partial charge < -0.3 is 0 Å². The fraction of sp³-hybridized carbons (Fsp3) is 0.294. The smallest absolute Gasteiger partial charge is 0.142 e. The van der Waals surface area contributed by atoms with E-state index >= 15 is 0 Å². The standard InChI is InChI=1S/C17H16Cl3F/c1-12-3-2-4-14(7-12)17(10-18,11-19)9-13-5-6-15(20)16(21)8-13/h2-8H,9-11H2,1H3. The molecule has 0 saturated heterocycles. The van der Waals surface area contributed by atoms with Crippen LogP contribution >= 0.6 is 34.8 Å². The van der Waals surface area contributed by atoms with Gasteiger partial charge in [-0.3, -0.25) is 0 Å². The SMILES string of the molecule is Cc1cccc(C(CCl)(CCl)Cc2ccc(Cl)c(F)c2)c1. The van der Waals surface area contributed by atoms with Gasteiger partial charge in [0.1, 0.15) is 5.82 Å². The second kappa shape index (κ2) is 7.00. The van der Waals surface area contributed by atoms with Crippen LogP contribution in [-0.4, -0.2) is 11.8 Å². The van der Waals surface area contributed by atoms with Crippen LogP contribution in [0.25, 0.3) is 0 Å². The fourth-order valence-electron chi connectivity index (χ4n) is 2.40. The number of aryl methyl sites for hydroxylation is 1. The van der Waals surface area contributed by atoms with Crippen LogP contribution in [0.15, 0.2) is 42.5 Å². The second-order valence-corrected chi connectivity index (χ2v) is 6.28. The largest absolute Gasteiger partial charge is 0.205 e. The number of rotatable bonds is 5. The quantitative estimate of drug-likeness (QED) is 0.606. The lowest BCUT2D eigenvalue weighted by atomic mass is 9.78. The number of halogens is 4. The molecule has 0 amide bonds. The van der Waals surface area contributed by atoms with Crippen molar-refractivity contribution in [2.24, 2.45) is 0 Å². The molecule has 0 heterocycles. The number of alkyl halides is 2. The molecule has 0 radical (unpaired) electrons. The third-order valence-corrected chi connectivity index (χ3v) is 5.00. The Morgan fingerprint density at radius 3 is 2.33 bits per heavy atom. The predicted molar refractivity (Wildman–Crippen MR) is 89.4 cm³/mol. The van der Waals surface area contributed by atoms with Gasteiger partial charge in [-0.2, -0.15) is 0 Å². The Kier molecular flexibility index (Phi) is 5.54. The molecule has 0 N–H and O–H groups in total. The van der Waals surface area contributed by atoms with Crippen LogP contribution < -0.4 is 0 Å². The molecule has 21 heavy (non-hydrogen) atoms. The molecule has 0 saturated carbocycles. The van der Waals surface area contributed by atoms with Gasteiger partial charge in [0.25, 0.3) is 0 Å². The van der Waals surface area contributed by atoms with E-state index in [0.717, 1.165) is 16.7 Å². The van der Waals surface area contributed by atoms with Crippen LogP contribution in [0.1, 0.15) is 16.7 Å². The lowest BCUT2D eigenvalue weighted by Gasteiger charge is -2.31. The molecular formula is C17H16Cl3F. The maximum Gasteiger partial charge on any atom is 0.142 e. The fourth-order valence-corrected chi connectivity index (χ4v) is 3.30. The molecule has 0 atom stereocenters. The topological polar surface area (TPSA) is 0 Å². The third-order valence-electron chi connectivity index (χ3n) is 3.67. The molecule has 112 valence electrons. The molecule has 0 bridgehead atoms. The van der Waals surface area contributed by atoms with E-state index in [-0.39, 0.29) is 5.02 Å². The number of hydrogen-bond acceptors (Lipinski definition) is 0. The summed E-state index contributed by atoms with van der Waals surface area (Å²) in [5.41, 5.74) is 2.63. The lowest BCUT2D eigenvalue weighted by molar-refractivity contribution is 0.532. The highest BCUT2D eigenvalue weighted by molar-refractivity contribution is 6.30. The summed E-state index contributed by atoms with van der Waals surface area (Å²) >= 11 is 18.2. The van der Waals surface area contributed by atoms with E-state index in [1.807, 2.05) is 31.2 Å². The highest BCUT2D eigenvalue weighted by Gasteiger charge is 2.31. The first kappa shape index (κ1) is 16.6. The van der Waals surface area contributed by atoms with Crippen LogP contribution in [0, 0.1) is 12.7 Å². The molecule has 0 spiro atoms. The van der Waals surface area contributed by atoms with E-state index in [4.69, 9.17) is 34.8 Å². The molecule has 0 aliphatic heterocycles. The minimum absolute atomic E-state index is 0.122. The van der Waals surface area contributed by atoms with Gasteiger partial charge in [0, 0.05) is 17.2 Å². The summed E-state index contributed by atoms with van der Waals surface area (Å²) in [5, 5.41) is 0.122. The van der Waals surface area contributed by atoms with Crippen molar-refractivity contribution >= 4 is 34.8 Å². The maximum absolute atomic E-state index is 13.6. The molecule has 4 heteroatoms. The summed E-state index contributed by atoms with van der Waals surface area (Å²) < 4.78 is 13.6. The van der Waals surface area contributed by atoms with Gasteiger partial charge in [0.05, 0.1) is 5.02 Å². The van der Waals surface area contributed by atoms with Crippen molar-refractivity contribution in [2.45, 2.75) is 18.8 Å². The molecule has 2 rings (SSSR count). The van der Waals surface area contributed by atoms with Crippen molar-refractivity contribution < 1.29 is 4.39 Å². The first-order valence-electron chi connectivity index (χ1n) is 6.64. The van der Waals surface area contributed by atoms with Crippen LogP contribution in [0.4, 0.5) is 4.39 Å². The van der Waals surface area contributed by atoms with Crippen LogP contribution in [0.3, 0.4) is 0 Å². The maximum atomic E-state index is 13.6. The first-order chi connectivity index (χ1) is 10.0. The first-order valence-corrected chi connectivity index (χ1v) is 8.08. The van der Waals surface area contributed by atoms with E-state index in [0.29, 0.717) is 18.2 Å². The molecule has 0 nitrogen and oxygen atoms in total. The van der Waals surface area contributed by atoms with Crippen molar-refractivity contribution in [3.8, 4) is 0 Å². The minimum Gasteiger partial charge on any atom is -0.205 e. The lowest BCUT2D eigenvalue weighted by Crippen LogP contribution is -2.33. The Morgan fingerprint density at radius 2 is 1.76 bits per heavy atom. The molecule has 2 aromatic carbocycles. The average molecular weight is 346 g/mol. The predicted octanol–water partition coefficient (Wildman–Crippen LogP) is 5.75. The highest BCUT2D eigenvalue weighted by Crippen LogP contribution is 2.33. The summed E-state index contributed by atoms with van der Waals surface area (Å²) in [5.74, 6) is 0.311. The van der Waals surface area contributed by atoms with Gasteiger partial charge in [-0.25, -0.2) is 4.39 Å². The van der Waals surface area contributed by atoms with Crippen LogP contribution in [0.5, 0.6) is 0 Å². The number of hydrogen-bond donors (Lipinski definition) is 0. The molecule has 0 aromatic heterocycles. The molecular weight excluding hydrogens is 330 g/mol. The minimum atomic E-state index is -0.421. The van der Waals surface area contributed by atoms with Crippen LogP contribution in [-0.2, 0) is 11.8 Å². The monoisotopic (exact) mass is 344 g/mol. The van der Waals surface area contributed by atoms with Gasteiger partial charge in [-0.15, -0.1) is 23.2 Å². The summed E-state index contributed by atoms with van der Waals surface area (Å²) in [6, 6.07) is 12.9. The Hall–Kier alpha value is -0.760. The van der Waals surface area contributed by atoms with E-state index in [2.05, 4.69) is 6.07 Å². The average Bonchev–Trinajstić information content (AvgIpc) is 2.48. The van der Waals surface area contributed by atoms with Gasteiger partial charge in [-0.05, 0) is 36.6 Å². The molecule has 0 aliphatic rings. The second-order valence-electron chi connectivity index (χ2n) is 5.34. The Labute approximate surface area is 139 Å². The third kappa shape index (κ3) is 3.71. The zero-order valence-corrected chi connectivity index (χ0v) is 13.9. The van der Waals surface area contributed by atoms with E-state index < -0.39 is 11.2 Å². The van der Waals surface area contributed by atoms with Crippen molar-refractivity contribution in [1.82, 2.24) is 0 Å². The summed E-state index contributed by atoms with van der Waals surface area (Å²) in [6.45, 7) is 2.03. The van der Waals surface area contributed by atoms with Gasteiger partial charge >= 0.3 is 0 Å². The summed E-state index contributed by atoms with van der Waals surface area (Å²) in [4.78, 5) is 0. The van der Waals surface area contributed by atoms with Crippen molar-refractivity contribution in [2.75, 3.05) is 11.8 Å². The van der Waals surface area contributed by atoms with Crippen LogP contribution in [0.2, 0.25) is 5.02 Å². The summed E-state index contributed by atoms with van der Waals surface area (Å²) in [6.07, 6.45) is 0.567. The molecule has 0 unspecified atom stereocenters. The van der Waals surface area contributed by atoms with Gasteiger partial charge in [0.15, 0.2) is 0 Å². The molecule has 0 aliphatic carbocycles. The Balaban J connectivity index is 2.40. The molecule has 2 aromatic rings.